The fourth-order valence-corrected chi connectivity index (χ4v) is 0.817. The molecule has 0 aliphatic carbocycles. The standard InChI is InChI=1S/C5H2N2S/c1-4-3-8-5(6-2)7-4/h1,3H. The molecule has 0 saturated carbocycles. The maximum absolute atomic E-state index is 6.47. The Balaban J connectivity index is 3.05. The summed E-state index contributed by atoms with van der Waals surface area (Å²) in [6, 6.07) is 0. The van der Waals surface area contributed by atoms with Crippen LogP contribution in [0.4, 0.5) is 5.13 Å². The first kappa shape index (κ1) is 5.26. The van der Waals surface area contributed by atoms with Crippen molar-refractivity contribution in [1.29, 1.82) is 0 Å². The zero-order valence-electron chi connectivity index (χ0n) is 3.96. The summed E-state index contributed by atoms with van der Waals surface area (Å²) in [5, 5.41) is 2.05. The molecular weight excluding hydrogens is 120 g/mol. The molecule has 38 valence electrons. The van der Waals surface area contributed by atoms with Gasteiger partial charge in [0.05, 0.1) is 0 Å². The van der Waals surface area contributed by atoms with E-state index in [0.717, 1.165) is 0 Å². The summed E-state index contributed by atoms with van der Waals surface area (Å²) in [6.07, 6.45) is 0. The molecule has 0 amide bonds. The van der Waals surface area contributed by atoms with E-state index in [0.29, 0.717) is 10.8 Å². The average molecular weight is 122 g/mol. The zero-order valence-corrected chi connectivity index (χ0v) is 4.77. The van der Waals surface area contributed by atoms with E-state index in [1.165, 1.54) is 11.3 Å². The van der Waals surface area contributed by atoms with E-state index in [9.17, 15) is 0 Å². The highest BCUT2D eigenvalue weighted by Gasteiger charge is 1.95. The van der Waals surface area contributed by atoms with Crippen molar-refractivity contribution >= 4 is 16.5 Å². The van der Waals surface area contributed by atoms with Gasteiger partial charge >= 0.3 is 5.13 Å². The minimum absolute atomic E-state index is 0.405. The maximum atomic E-state index is 6.47. The summed E-state index contributed by atoms with van der Waals surface area (Å²) in [5.74, 6) is 0. The molecule has 2 nitrogen and oxygen atoms in total. The molecule has 3 heteroatoms. The van der Waals surface area contributed by atoms with Crippen molar-refractivity contribution < 1.29 is 0 Å². The summed E-state index contributed by atoms with van der Waals surface area (Å²) in [5.41, 5.74) is 0.431. The van der Waals surface area contributed by atoms with Gasteiger partial charge in [0.1, 0.15) is 5.69 Å². The minimum atomic E-state index is 0.405. The Labute approximate surface area is 51.6 Å². The number of rotatable bonds is 0. The molecule has 0 bridgehead atoms. The monoisotopic (exact) mass is 122 g/mol. The fraction of sp³-hybridized carbons (Fsp3) is 0. The lowest BCUT2D eigenvalue weighted by atomic mass is 10.6. The van der Waals surface area contributed by atoms with Crippen molar-refractivity contribution in [2.45, 2.75) is 0 Å². The van der Waals surface area contributed by atoms with Gasteiger partial charge in [-0.1, -0.05) is 6.57 Å². The van der Waals surface area contributed by atoms with Crippen LogP contribution >= 0.6 is 11.3 Å². The molecule has 0 N–H and O–H groups in total. The van der Waals surface area contributed by atoms with E-state index < -0.39 is 0 Å². The lowest BCUT2D eigenvalue weighted by Crippen LogP contribution is -1.62. The van der Waals surface area contributed by atoms with Crippen LogP contribution in [-0.2, 0) is 0 Å². The van der Waals surface area contributed by atoms with E-state index in [2.05, 4.69) is 9.83 Å². The third kappa shape index (κ3) is 0.849. The van der Waals surface area contributed by atoms with Gasteiger partial charge in [-0.05, 0) is 0 Å². The van der Waals surface area contributed by atoms with Gasteiger partial charge in [0, 0.05) is 12.3 Å². The normalized spacial score (nSPS) is 8.50. The smallest absolute Gasteiger partial charge is 0.329 e. The molecule has 2 radical (unpaired) electrons. The van der Waals surface area contributed by atoms with Gasteiger partial charge in [0.2, 0.25) is 0 Å². The van der Waals surface area contributed by atoms with E-state index >= 15 is 0 Å². The van der Waals surface area contributed by atoms with Crippen LogP contribution in [0.1, 0.15) is 5.69 Å². The van der Waals surface area contributed by atoms with Crippen molar-refractivity contribution in [2.24, 2.45) is 0 Å². The molecule has 0 unspecified atom stereocenters. The molecule has 0 aliphatic rings. The second kappa shape index (κ2) is 1.93. The summed E-state index contributed by atoms with van der Waals surface area (Å²) in [7, 11) is 0. The van der Waals surface area contributed by atoms with Gasteiger partial charge in [-0.3, -0.25) is 0 Å². The van der Waals surface area contributed by atoms with Crippen molar-refractivity contribution in [3.05, 3.63) is 29.4 Å². The van der Waals surface area contributed by atoms with Crippen LogP contribution in [0.3, 0.4) is 0 Å². The van der Waals surface area contributed by atoms with Crippen LogP contribution in [0.2, 0.25) is 0 Å². The second-order valence-electron chi connectivity index (χ2n) is 1.17. The van der Waals surface area contributed by atoms with E-state index in [1.54, 1.807) is 5.38 Å². The molecule has 0 aliphatic heterocycles. The first-order valence-corrected chi connectivity index (χ1v) is 2.79. The Bertz CT molecular complexity index is 221. The predicted molar refractivity (Wildman–Crippen MR) is 31.8 cm³/mol. The van der Waals surface area contributed by atoms with Crippen molar-refractivity contribution in [2.75, 3.05) is 0 Å². The van der Waals surface area contributed by atoms with Crippen LogP contribution in [-0.4, -0.2) is 4.98 Å². The number of hydrogen-bond donors (Lipinski definition) is 0. The third-order valence-electron chi connectivity index (χ3n) is 0.605. The van der Waals surface area contributed by atoms with Gasteiger partial charge in [-0.2, -0.15) is 0 Å². The first-order valence-electron chi connectivity index (χ1n) is 1.91. The van der Waals surface area contributed by atoms with E-state index in [1.807, 2.05) is 0 Å². The van der Waals surface area contributed by atoms with Crippen molar-refractivity contribution in [3.63, 3.8) is 0 Å². The largest absolute Gasteiger partial charge is 0.351 e. The van der Waals surface area contributed by atoms with Crippen LogP contribution in [0.5, 0.6) is 0 Å². The highest BCUT2D eigenvalue weighted by atomic mass is 32.1. The predicted octanol–water partition coefficient (Wildman–Crippen LogP) is 1.75. The van der Waals surface area contributed by atoms with E-state index in [4.69, 9.17) is 13.5 Å². The molecule has 1 aromatic rings. The van der Waals surface area contributed by atoms with Crippen LogP contribution < -0.4 is 0 Å². The lowest BCUT2D eigenvalue weighted by molar-refractivity contribution is 1.37. The Hall–Kier alpha value is -0.880. The first-order chi connectivity index (χ1) is 3.83. The Kier molecular flexibility index (Phi) is 1.27. The molecule has 1 rings (SSSR count). The van der Waals surface area contributed by atoms with Gasteiger partial charge in [-0.25, -0.2) is 0 Å². The van der Waals surface area contributed by atoms with Crippen molar-refractivity contribution in [1.82, 2.24) is 4.98 Å². The summed E-state index contributed by atoms with van der Waals surface area (Å²) >= 11 is 1.26. The second-order valence-corrected chi connectivity index (χ2v) is 2.00. The highest BCUT2D eigenvalue weighted by Crippen LogP contribution is 2.16. The van der Waals surface area contributed by atoms with Gasteiger partial charge in [0.25, 0.3) is 0 Å². The number of thiazole rings is 1. The van der Waals surface area contributed by atoms with Gasteiger partial charge in [-0.15, -0.1) is 16.3 Å². The summed E-state index contributed by atoms with van der Waals surface area (Å²) in [6.45, 7) is 11.7. The Morgan fingerprint density at radius 3 is 2.88 bits per heavy atom. The summed E-state index contributed by atoms with van der Waals surface area (Å²) in [4.78, 5) is 6.74. The SMILES string of the molecule is [C-]#[N+]c1nc([CH])cs1. The highest BCUT2D eigenvalue weighted by molar-refractivity contribution is 7.13. The third-order valence-corrected chi connectivity index (χ3v) is 1.36. The molecular formula is C5H2N2S. The van der Waals surface area contributed by atoms with Gasteiger partial charge < -0.3 is 4.85 Å². The van der Waals surface area contributed by atoms with Crippen molar-refractivity contribution in [3.8, 4) is 0 Å². The summed E-state index contributed by atoms with van der Waals surface area (Å²) < 4.78 is 0. The number of nitrogens with zero attached hydrogens (tertiary/aromatic N) is 2. The Morgan fingerprint density at radius 2 is 2.62 bits per heavy atom. The topological polar surface area (TPSA) is 17.2 Å². The van der Waals surface area contributed by atoms with Gasteiger partial charge in [0.15, 0.2) is 0 Å². The molecule has 1 heterocycles. The Morgan fingerprint density at radius 1 is 1.88 bits per heavy atom. The number of hydrogen-bond acceptors (Lipinski definition) is 2. The lowest BCUT2D eigenvalue weighted by Gasteiger charge is -1.67. The molecule has 0 fully saturated rings. The van der Waals surface area contributed by atoms with Crippen LogP contribution in [0.15, 0.2) is 5.38 Å². The fourth-order valence-electron chi connectivity index (χ4n) is 0.328. The average Bonchev–Trinajstić information content (AvgIpc) is 2.14. The molecule has 1 aromatic heterocycles. The zero-order chi connectivity index (χ0) is 5.98. The minimum Gasteiger partial charge on any atom is -0.351 e. The number of aromatic nitrogens is 1. The quantitative estimate of drug-likeness (QED) is 0.479. The molecule has 0 aromatic carbocycles. The molecule has 8 heavy (non-hydrogen) atoms. The molecule has 0 spiro atoms. The van der Waals surface area contributed by atoms with Crippen LogP contribution in [0.25, 0.3) is 4.85 Å². The van der Waals surface area contributed by atoms with Crippen LogP contribution in [0, 0.1) is 13.5 Å². The molecule has 0 saturated heterocycles. The maximum Gasteiger partial charge on any atom is 0.329 e. The molecule has 0 atom stereocenters. The van der Waals surface area contributed by atoms with E-state index in [-0.39, 0.29) is 0 Å².